The van der Waals surface area contributed by atoms with Crippen LogP contribution in [0.5, 0.6) is 11.5 Å². The Morgan fingerprint density at radius 2 is 1.60 bits per heavy atom. The number of fused-ring (bicyclic) bond motifs is 3. The molecule has 3 aromatic heterocycles. The minimum absolute atomic E-state index is 0.118. The van der Waals surface area contributed by atoms with Crippen LogP contribution in [0, 0.1) is 24.7 Å². The molecule has 7 rings (SSSR count). The van der Waals surface area contributed by atoms with Gasteiger partial charge in [-0.3, -0.25) is 4.57 Å². The Morgan fingerprint density at radius 3 is 2.31 bits per heavy atom. The van der Waals surface area contributed by atoms with Crippen LogP contribution in [0.2, 0.25) is 0 Å². The second-order valence-corrected chi connectivity index (χ2v) is 17.3. The molecule has 3 aromatic carbocycles. The summed E-state index contributed by atoms with van der Waals surface area (Å²) in [7, 11) is 0. The molecule has 5 heteroatoms. The van der Waals surface area contributed by atoms with Crippen molar-refractivity contribution in [2.45, 2.75) is 106 Å². The molecule has 1 aliphatic carbocycles. The maximum absolute atomic E-state index is 6.84. The Hall–Kier alpha value is -4.64. The number of pyridine rings is 1. The van der Waals surface area contributed by atoms with Crippen LogP contribution in [0.3, 0.4) is 0 Å². The summed E-state index contributed by atoms with van der Waals surface area (Å²) in [6.07, 6.45) is 6.63. The van der Waals surface area contributed by atoms with Gasteiger partial charge in [-0.15, -0.1) is 0 Å². The topological polar surface area (TPSA) is 44.9 Å². The van der Waals surface area contributed by atoms with Crippen molar-refractivity contribution in [3.05, 3.63) is 119 Å². The first-order valence-electron chi connectivity index (χ1n) is 19.3. The first-order chi connectivity index (χ1) is 24.7. The van der Waals surface area contributed by atoms with E-state index in [1.807, 2.05) is 6.20 Å². The van der Waals surface area contributed by atoms with Crippen LogP contribution in [0.15, 0.2) is 90.6 Å². The fourth-order valence-electron chi connectivity index (χ4n) is 8.82. The SMILES string of the molecule is CC1=C[C@H](C)C[C@H](C)C1c1c(C)nn(-c2cc(Oc3ccc4c5ccccc5n(-c5cc(CC(C)C)ccn5)c4c3)cc(C(C)C)c2)c1C(C)(C)C. The molecular weight excluding hydrogens is 637 g/mol. The zero-order valence-electron chi connectivity index (χ0n) is 33.1. The number of aromatic nitrogens is 4. The summed E-state index contributed by atoms with van der Waals surface area (Å²) < 4.78 is 11.3. The van der Waals surface area contributed by atoms with Gasteiger partial charge < -0.3 is 4.74 Å². The van der Waals surface area contributed by atoms with Gasteiger partial charge in [0.15, 0.2) is 0 Å². The molecule has 0 radical (unpaired) electrons. The van der Waals surface area contributed by atoms with Gasteiger partial charge in [0.05, 0.1) is 28.1 Å². The quantitative estimate of drug-likeness (QED) is 0.149. The molecule has 0 saturated carbocycles. The number of para-hydroxylation sites is 1. The Kier molecular flexibility index (Phi) is 9.44. The summed E-state index contributed by atoms with van der Waals surface area (Å²) in [5.74, 6) is 4.93. The van der Waals surface area contributed by atoms with E-state index in [-0.39, 0.29) is 5.41 Å². The van der Waals surface area contributed by atoms with Gasteiger partial charge in [-0.1, -0.05) is 92.2 Å². The summed E-state index contributed by atoms with van der Waals surface area (Å²) in [5.41, 5.74) is 10.9. The average Bonchev–Trinajstić information content (AvgIpc) is 3.58. The molecular formula is C47H56N4O. The number of aryl methyl sites for hydroxylation is 1. The largest absolute Gasteiger partial charge is 0.457 e. The van der Waals surface area contributed by atoms with Crippen molar-refractivity contribution in [2.24, 2.45) is 17.8 Å². The van der Waals surface area contributed by atoms with E-state index in [0.717, 1.165) is 46.2 Å². The molecule has 3 atom stereocenters. The Balaban J connectivity index is 1.35. The molecule has 0 bridgehead atoms. The lowest BCUT2D eigenvalue weighted by atomic mass is 9.70. The van der Waals surface area contributed by atoms with Gasteiger partial charge in [-0.25, -0.2) is 9.67 Å². The van der Waals surface area contributed by atoms with Gasteiger partial charge in [0.1, 0.15) is 17.3 Å². The van der Waals surface area contributed by atoms with Crippen molar-refractivity contribution < 1.29 is 4.74 Å². The van der Waals surface area contributed by atoms with Crippen LogP contribution in [0.1, 0.15) is 116 Å². The van der Waals surface area contributed by atoms with E-state index < -0.39 is 0 Å². The van der Waals surface area contributed by atoms with E-state index in [2.05, 4.69) is 164 Å². The van der Waals surface area contributed by atoms with E-state index in [0.29, 0.717) is 29.6 Å². The predicted octanol–water partition coefficient (Wildman–Crippen LogP) is 12.8. The second kappa shape index (κ2) is 13.7. The summed E-state index contributed by atoms with van der Waals surface area (Å²) in [5, 5.41) is 7.70. The van der Waals surface area contributed by atoms with Crippen LogP contribution in [-0.2, 0) is 11.8 Å². The zero-order valence-corrected chi connectivity index (χ0v) is 33.1. The van der Waals surface area contributed by atoms with Crippen molar-refractivity contribution in [2.75, 3.05) is 0 Å². The van der Waals surface area contributed by atoms with E-state index in [1.165, 1.54) is 45.2 Å². The third-order valence-electron chi connectivity index (χ3n) is 10.9. The molecule has 3 heterocycles. The Labute approximate surface area is 310 Å². The maximum atomic E-state index is 6.84. The number of hydrogen-bond donors (Lipinski definition) is 0. The number of nitrogens with zero attached hydrogens (tertiary/aromatic N) is 4. The van der Waals surface area contributed by atoms with Crippen molar-refractivity contribution in [3.63, 3.8) is 0 Å². The number of rotatable bonds is 8. The van der Waals surface area contributed by atoms with Crippen molar-refractivity contribution in [3.8, 4) is 23.0 Å². The van der Waals surface area contributed by atoms with Crippen LogP contribution < -0.4 is 4.74 Å². The molecule has 1 unspecified atom stereocenters. The zero-order chi connectivity index (χ0) is 37.1. The highest BCUT2D eigenvalue weighted by atomic mass is 16.5. The van der Waals surface area contributed by atoms with Crippen molar-refractivity contribution in [1.29, 1.82) is 0 Å². The molecule has 0 N–H and O–H groups in total. The predicted molar refractivity (Wildman–Crippen MR) is 218 cm³/mol. The van der Waals surface area contributed by atoms with E-state index in [9.17, 15) is 0 Å². The average molecular weight is 693 g/mol. The molecule has 0 saturated heterocycles. The lowest BCUT2D eigenvalue weighted by molar-refractivity contribution is 0.385. The van der Waals surface area contributed by atoms with E-state index in [4.69, 9.17) is 14.8 Å². The third-order valence-corrected chi connectivity index (χ3v) is 10.9. The lowest BCUT2D eigenvalue weighted by Crippen LogP contribution is -2.25. The highest BCUT2D eigenvalue weighted by molar-refractivity contribution is 6.09. The fourth-order valence-corrected chi connectivity index (χ4v) is 8.82. The van der Waals surface area contributed by atoms with E-state index >= 15 is 0 Å². The number of allylic oxidation sites excluding steroid dienone is 2. The molecule has 6 aromatic rings. The van der Waals surface area contributed by atoms with Gasteiger partial charge in [0, 0.05) is 46.0 Å². The van der Waals surface area contributed by atoms with Gasteiger partial charge in [0.25, 0.3) is 0 Å². The molecule has 52 heavy (non-hydrogen) atoms. The fraction of sp³-hybridized carbons (Fsp3) is 0.404. The second-order valence-electron chi connectivity index (χ2n) is 17.3. The Morgan fingerprint density at radius 1 is 0.846 bits per heavy atom. The molecule has 0 spiro atoms. The Bertz CT molecular complexity index is 2290. The molecule has 1 aliphatic rings. The molecule has 0 fully saturated rings. The van der Waals surface area contributed by atoms with Crippen molar-refractivity contribution in [1.82, 2.24) is 19.3 Å². The minimum atomic E-state index is -0.118. The summed E-state index contributed by atoms with van der Waals surface area (Å²) in [6, 6.07) is 26.1. The smallest absolute Gasteiger partial charge is 0.137 e. The summed E-state index contributed by atoms with van der Waals surface area (Å²) in [4.78, 5) is 4.87. The van der Waals surface area contributed by atoms with Gasteiger partial charge in [0.2, 0.25) is 0 Å². The normalized spacial score (nSPS) is 18.2. The third kappa shape index (κ3) is 6.71. The number of hydrogen-bond acceptors (Lipinski definition) is 3. The summed E-state index contributed by atoms with van der Waals surface area (Å²) in [6.45, 7) is 25.3. The van der Waals surface area contributed by atoms with Crippen LogP contribution in [-0.4, -0.2) is 19.3 Å². The van der Waals surface area contributed by atoms with Crippen LogP contribution >= 0.6 is 0 Å². The molecule has 0 aliphatic heterocycles. The number of benzene rings is 3. The first kappa shape index (κ1) is 35.7. The standard InChI is InChI=1S/C47H56N4O/c1-28(2)20-34-18-19-48-43(23-34)50-41-15-13-12-14-39(41)40-17-16-37(27-42(40)50)52-38-25-35(29(3)4)24-36(26-38)51-46(47(9,10)11)45(33(8)49-51)44-31(6)21-30(5)22-32(44)7/h12-19,21,23-30,32,44H,20,22H2,1-11H3/t30-,32-,44?/m0/s1. The lowest BCUT2D eigenvalue weighted by Gasteiger charge is -2.34. The monoisotopic (exact) mass is 692 g/mol. The molecule has 5 nitrogen and oxygen atoms in total. The van der Waals surface area contributed by atoms with E-state index in [1.54, 1.807) is 0 Å². The molecule has 0 amide bonds. The van der Waals surface area contributed by atoms with Crippen LogP contribution in [0.4, 0.5) is 0 Å². The summed E-state index contributed by atoms with van der Waals surface area (Å²) >= 11 is 0. The van der Waals surface area contributed by atoms with Crippen molar-refractivity contribution >= 4 is 21.8 Å². The van der Waals surface area contributed by atoms with Crippen LogP contribution in [0.25, 0.3) is 33.3 Å². The number of ether oxygens (including phenoxy) is 1. The molecule has 270 valence electrons. The van der Waals surface area contributed by atoms with Gasteiger partial charge in [-0.2, -0.15) is 5.10 Å². The highest BCUT2D eigenvalue weighted by Gasteiger charge is 2.36. The maximum Gasteiger partial charge on any atom is 0.137 e. The highest BCUT2D eigenvalue weighted by Crippen LogP contribution is 2.46. The minimum Gasteiger partial charge on any atom is -0.457 e. The first-order valence-corrected chi connectivity index (χ1v) is 19.3. The van der Waals surface area contributed by atoms with Gasteiger partial charge >= 0.3 is 0 Å². The van der Waals surface area contributed by atoms with Gasteiger partial charge in [-0.05, 0) is 104 Å².